The summed E-state index contributed by atoms with van der Waals surface area (Å²) in [5.41, 5.74) is 3.37. The van der Waals surface area contributed by atoms with Gasteiger partial charge in [-0.15, -0.1) is 0 Å². The zero-order valence-electron chi connectivity index (χ0n) is 15.3. The van der Waals surface area contributed by atoms with Gasteiger partial charge in [-0.1, -0.05) is 35.9 Å². The van der Waals surface area contributed by atoms with Crippen molar-refractivity contribution in [1.82, 2.24) is 10.3 Å². The van der Waals surface area contributed by atoms with Crippen LogP contribution in [0.5, 0.6) is 0 Å². The number of pyridine rings is 1. The highest BCUT2D eigenvalue weighted by atomic mass is 35.5. The van der Waals surface area contributed by atoms with Crippen molar-refractivity contribution in [3.8, 4) is 0 Å². The van der Waals surface area contributed by atoms with Gasteiger partial charge in [-0.2, -0.15) is 0 Å². The summed E-state index contributed by atoms with van der Waals surface area (Å²) in [7, 11) is 0. The number of hydrogen-bond acceptors (Lipinski definition) is 3. The second-order valence-electron chi connectivity index (χ2n) is 6.37. The topological polar surface area (TPSA) is 54.0 Å². The highest BCUT2D eigenvalue weighted by Crippen LogP contribution is 2.10. The molecule has 0 unspecified atom stereocenters. The molecule has 1 amide bonds. The third-order valence-electron chi connectivity index (χ3n) is 4.26. The van der Waals surface area contributed by atoms with E-state index < -0.39 is 0 Å². The standard InChI is InChI=1S/C22H21ClFN3O/c23-18-5-1-16(2-6-18)12-14-26-22(28)21-10-9-20(15-27-21)25-13-11-17-3-7-19(24)8-4-17/h1-10,15,25H,11-14H2,(H,26,28). The average molecular weight is 398 g/mol. The van der Waals surface area contributed by atoms with Crippen LogP contribution in [0.4, 0.5) is 10.1 Å². The van der Waals surface area contributed by atoms with Gasteiger partial charge in [0.25, 0.3) is 5.91 Å². The zero-order chi connectivity index (χ0) is 19.8. The van der Waals surface area contributed by atoms with Gasteiger partial charge in [0.2, 0.25) is 0 Å². The lowest BCUT2D eigenvalue weighted by molar-refractivity contribution is 0.0949. The maximum Gasteiger partial charge on any atom is 0.269 e. The highest BCUT2D eigenvalue weighted by Gasteiger charge is 2.06. The molecule has 28 heavy (non-hydrogen) atoms. The van der Waals surface area contributed by atoms with Crippen molar-refractivity contribution in [3.05, 3.63) is 94.5 Å². The SMILES string of the molecule is O=C(NCCc1ccc(Cl)cc1)c1ccc(NCCc2ccc(F)cc2)cn1. The number of nitrogens with zero attached hydrogens (tertiary/aromatic N) is 1. The molecule has 0 saturated heterocycles. The molecule has 3 aromatic rings. The summed E-state index contributed by atoms with van der Waals surface area (Å²) < 4.78 is 12.9. The van der Waals surface area contributed by atoms with Gasteiger partial charge in [0, 0.05) is 18.1 Å². The van der Waals surface area contributed by atoms with Crippen molar-refractivity contribution in [2.24, 2.45) is 0 Å². The lowest BCUT2D eigenvalue weighted by Crippen LogP contribution is -2.26. The molecule has 0 atom stereocenters. The molecule has 0 aliphatic carbocycles. The van der Waals surface area contributed by atoms with Crippen LogP contribution in [0.3, 0.4) is 0 Å². The molecular weight excluding hydrogens is 377 g/mol. The summed E-state index contributed by atoms with van der Waals surface area (Å²) in [6.07, 6.45) is 3.14. The summed E-state index contributed by atoms with van der Waals surface area (Å²) in [6.45, 7) is 1.22. The quantitative estimate of drug-likeness (QED) is 0.588. The number of hydrogen-bond donors (Lipinski definition) is 2. The van der Waals surface area contributed by atoms with E-state index in [0.29, 0.717) is 23.8 Å². The van der Waals surface area contributed by atoms with Gasteiger partial charge in [0.05, 0.1) is 11.9 Å². The summed E-state index contributed by atoms with van der Waals surface area (Å²) in [4.78, 5) is 16.4. The van der Waals surface area contributed by atoms with Crippen molar-refractivity contribution in [1.29, 1.82) is 0 Å². The molecule has 144 valence electrons. The van der Waals surface area contributed by atoms with Crippen molar-refractivity contribution in [2.75, 3.05) is 18.4 Å². The van der Waals surface area contributed by atoms with Gasteiger partial charge in [0.1, 0.15) is 11.5 Å². The summed E-state index contributed by atoms with van der Waals surface area (Å²) in [5.74, 6) is -0.435. The number of anilines is 1. The number of aromatic nitrogens is 1. The molecule has 3 rings (SSSR count). The van der Waals surface area contributed by atoms with Crippen LogP contribution in [0.1, 0.15) is 21.6 Å². The molecule has 0 bridgehead atoms. The molecular formula is C22H21ClFN3O. The third kappa shape index (κ3) is 6.06. The van der Waals surface area contributed by atoms with Crippen LogP contribution in [0.15, 0.2) is 66.9 Å². The number of carbonyl (C=O) groups excluding carboxylic acids is 1. The molecule has 6 heteroatoms. The van der Waals surface area contributed by atoms with Crippen molar-refractivity contribution < 1.29 is 9.18 Å². The van der Waals surface area contributed by atoms with E-state index in [4.69, 9.17) is 11.6 Å². The first-order chi connectivity index (χ1) is 13.6. The monoisotopic (exact) mass is 397 g/mol. The molecule has 0 radical (unpaired) electrons. The number of rotatable bonds is 8. The zero-order valence-corrected chi connectivity index (χ0v) is 16.0. The summed E-state index contributed by atoms with van der Waals surface area (Å²) >= 11 is 5.86. The molecule has 2 N–H and O–H groups in total. The van der Waals surface area contributed by atoms with Gasteiger partial charge in [-0.05, 0) is 60.4 Å². The molecule has 0 fully saturated rings. The first-order valence-electron chi connectivity index (χ1n) is 9.07. The normalized spacial score (nSPS) is 10.5. The number of amides is 1. The van der Waals surface area contributed by atoms with E-state index >= 15 is 0 Å². The van der Waals surface area contributed by atoms with Gasteiger partial charge < -0.3 is 10.6 Å². The van der Waals surface area contributed by atoms with Crippen LogP contribution >= 0.6 is 11.6 Å². The predicted molar refractivity (Wildman–Crippen MR) is 110 cm³/mol. The Hall–Kier alpha value is -2.92. The summed E-state index contributed by atoms with van der Waals surface area (Å²) in [5, 5.41) is 6.81. The van der Waals surface area contributed by atoms with Crippen LogP contribution in [0.25, 0.3) is 0 Å². The Morgan fingerprint density at radius 2 is 1.54 bits per heavy atom. The minimum atomic E-state index is -0.233. The van der Waals surface area contributed by atoms with Crippen LogP contribution in [-0.2, 0) is 12.8 Å². The largest absolute Gasteiger partial charge is 0.383 e. The Labute approximate surface area is 168 Å². The smallest absolute Gasteiger partial charge is 0.269 e. The Kier molecular flexibility index (Phi) is 6.98. The van der Waals surface area contributed by atoms with Gasteiger partial charge in [-0.25, -0.2) is 9.37 Å². The fourth-order valence-electron chi connectivity index (χ4n) is 2.70. The molecule has 0 saturated carbocycles. The molecule has 1 heterocycles. The van der Waals surface area contributed by atoms with Crippen LogP contribution in [-0.4, -0.2) is 24.0 Å². The van der Waals surface area contributed by atoms with E-state index in [-0.39, 0.29) is 11.7 Å². The number of carbonyl (C=O) groups is 1. The molecule has 2 aromatic carbocycles. The first-order valence-corrected chi connectivity index (χ1v) is 9.45. The maximum absolute atomic E-state index is 12.9. The Morgan fingerprint density at radius 1 is 0.893 bits per heavy atom. The molecule has 1 aromatic heterocycles. The minimum Gasteiger partial charge on any atom is -0.383 e. The first kappa shape index (κ1) is 19.8. The fraction of sp³-hybridized carbons (Fsp3) is 0.182. The summed E-state index contributed by atoms with van der Waals surface area (Å²) in [6, 6.07) is 17.5. The molecule has 0 aliphatic heterocycles. The van der Waals surface area contributed by atoms with E-state index in [1.807, 2.05) is 30.3 Å². The highest BCUT2D eigenvalue weighted by molar-refractivity contribution is 6.30. The van der Waals surface area contributed by atoms with E-state index in [1.165, 1.54) is 12.1 Å². The van der Waals surface area contributed by atoms with Gasteiger partial charge in [-0.3, -0.25) is 4.79 Å². The second kappa shape index (κ2) is 9.85. The predicted octanol–water partition coefficient (Wildman–Crippen LogP) is 4.50. The van der Waals surface area contributed by atoms with Crippen LogP contribution < -0.4 is 10.6 Å². The lowest BCUT2D eigenvalue weighted by Gasteiger charge is -2.08. The number of nitrogens with one attached hydrogen (secondary N) is 2. The van der Waals surface area contributed by atoms with Crippen molar-refractivity contribution in [3.63, 3.8) is 0 Å². The van der Waals surface area contributed by atoms with Gasteiger partial charge in [0.15, 0.2) is 0 Å². The number of halogens is 2. The Bertz CT molecular complexity index is 897. The fourth-order valence-corrected chi connectivity index (χ4v) is 2.82. The maximum atomic E-state index is 12.9. The molecule has 0 spiro atoms. The van der Waals surface area contributed by atoms with E-state index in [9.17, 15) is 9.18 Å². The van der Waals surface area contributed by atoms with Crippen LogP contribution in [0.2, 0.25) is 5.02 Å². The van der Waals surface area contributed by atoms with Crippen LogP contribution in [0, 0.1) is 5.82 Å². The average Bonchev–Trinajstić information content (AvgIpc) is 2.71. The lowest BCUT2D eigenvalue weighted by atomic mass is 10.1. The minimum absolute atomic E-state index is 0.202. The molecule has 0 aliphatic rings. The van der Waals surface area contributed by atoms with E-state index in [0.717, 1.165) is 29.7 Å². The van der Waals surface area contributed by atoms with Crippen molar-refractivity contribution in [2.45, 2.75) is 12.8 Å². The number of benzene rings is 2. The third-order valence-corrected chi connectivity index (χ3v) is 4.52. The Morgan fingerprint density at radius 3 is 2.18 bits per heavy atom. The second-order valence-corrected chi connectivity index (χ2v) is 6.80. The molecule has 4 nitrogen and oxygen atoms in total. The van der Waals surface area contributed by atoms with Crippen molar-refractivity contribution >= 4 is 23.2 Å². The Balaban J connectivity index is 1.42. The van der Waals surface area contributed by atoms with E-state index in [1.54, 1.807) is 24.4 Å². The van der Waals surface area contributed by atoms with Gasteiger partial charge >= 0.3 is 0 Å². The van der Waals surface area contributed by atoms with E-state index in [2.05, 4.69) is 15.6 Å².